The second-order valence-corrected chi connectivity index (χ2v) is 22.2. The van der Waals surface area contributed by atoms with Crippen LogP contribution in [0.2, 0.25) is 0 Å². The summed E-state index contributed by atoms with van der Waals surface area (Å²) in [5, 5.41) is 9.53. The number of aliphatic hydroxyl groups is 1. The Hall–Kier alpha value is -10.3. The zero-order valence-corrected chi connectivity index (χ0v) is 63.6. The van der Waals surface area contributed by atoms with E-state index in [9.17, 15) is 4.79 Å². The van der Waals surface area contributed by atoms with Crippen molar-refractivity contribution in [1.29, 1.82) is 0 Å². The molecule has 0 spiro atoms. The maximum absolute atomic E-state index is 10.0. The Bertz CT molecular complexity index is 4120. The number of nitrogens with zero attached hydrogens (tertiary/aromatic N) is 7. The fourth-order valence-electron chi connectivity index (χ4n) is 8.60. The number of aryl methyl sites for hydroxylation is 3. The number of fused-ring (bicyclic) bond motifs is 1. The summed E-state index contributed by atoms with van der Waals surface area (Å²) in [6, 6.07) is 114. The maximum atomic E-state index is 10.0. The summed E-state index contributed by atoms with van der Waals surface area (Å²) in [5.74, 6) is -0.0625. The molecule has 100 heavy (non-hydrogen) atoms. The Kier molecular flexibility index (Phi) is 37.0. The smallest absolute Gasteiger partial charge is 0.512 e. The van der Waals surface area contributed by atoms with E-state index in [1.807, 2.05) is 249 Å². The molecule has 0 saturated heterocycles. The number of carbonyl (C=O) groups is 1. The monoisotopic (exact) mass is 1860 g/mol. The zero-order valence-electron chi connectivity index (χ0n) is 55.6. The van der Waals surface area contributed by atoms with Gasteiger partial charge in [0.1, 0.15) is 0 Å². The second kappa shape index (κ2) is 46.1. The number of rotatable bonds is 8. The summed E-state index contributed by atoms with van der Waals surface area (Å²) in [5.41, 5.74) is 16.8. The van der Waals surface area contributed by atoms with Gasteiger partial charge in [0.15, 0.2) is 5.78 Å². The minimum absolute atomic E-state index is 0. The first kappa shape index (κ1) is 80.4. The van der Waals surface area contributed by atoms with Crippen molar-refractivity contribution in [3.8, 4) is 78.1 Å². The van der Waals surface area contributed by atoms with Crippen LogP contribution in [-0.4, -0.2) is 45.8 Å². The molecule has 0 bridgehead atoms. The molecular formula is C87H70Ir3N7O2S-. The number of ketones is 1. The summed E-state index contributed by atoms with van der Waals surface area (Å²) in [7, 11) is 0. The van der Waals surface area contributed by atoms with Crippen molar-refractivity contribution in [2.75, 3.05) is 0 Å². The third-order valence-electron chi connectivity index (χ3n) is 13.3. The topological polar surface area (TPSA) is 128 Å². The van der Waals surface area contributed by atoms with E-state index in [1.54, 1.807) is 48.5 Å². The molecule has 1 N–H and O–H groups in total. The van der Waals surface area contributed by atoms with Crippen LogP contribution >= 0.6 is 11.3 Å². The molecule has 8 heterocycles. The minimum Gasteiger partial charge on any atom is -0.512 e. The van der Waals surface area contributed by atoms with Crippen molar-refractivity contribution < 1.29 is 70.2 Å². The van der Waals surface area contributed by atoms with Crippen molar-refractivity contribution in [2.24, 2.45) is 0 Å². The molecule has 0 fully saturated rings. The van der Waals surface area contributed by atoms with Crippen LogP contribution in [0.1, 0.15) is 30.5 Å². The predicted octanol–water partition coefficient (Wildman–Crippen LogP) is 21.0. The first-order valence-corrected chi connectivity index (χ1v) is 31.9. The quantitative estimate of drug-likeness (QED) is 0.0898. The van der Waals surface area contributed by atoms with Gasteiger partial charge in [-0.3, -0.25) is 4.79 Å². The van der Waals surface area contributed by atoms with Gasteiger partial charge in [-0.2, -0.15) is 0 Å². The standard InChI is InChI=1S/C13H8NS.3C12H10N.3C11H8N.C5H8O2.3Ir/c1-2-7-12-10(5-1)9-13(15-12)11-6-3-4-8-14-11;3*1-10-5-7-11(8-6-10)12-4-2-3-9-13-12;3*1-2-6-10(7-3-1)11-8-4-5-9-12-11;1-4(6)3-5(2)7;;;/h1-8H;3*2-7,9H,1H3;3*1-6,8-9H;3,6H,1-2H3;;;/q7*-1;;;2*+3. The number of carbonyl (C=O) groups excluding carboxylic acids is 1. The Labute approximate surface area is 633 Å². The van der Waals surface area contributed by atoms with Gasteiger partial charge >= 0.3 is 40.2 Å². The van der Waals surface area contributed by atoms with Crippen LogP contribution < -0.4 is 0 Å². The van der Waals surface area contributed by atoms with Gasteiger partial charge in [0.05, 0.1) is 5.76 Å². The third-order valence-corrected chi connectivity index (χ3v) is 14.4. The molecule has 0 aliphatic rings. The number of aliphatic hydroxyl groups excluding tert-OH is 1. The van der Waals surface area contributed by atoms with Crippen LogP contribution in [0.3, 0.4) is 0 Å². The van der Waals surface area contributed by atoms with Crippen molar-refractivity contribution in [2.45, 2.75) is 34.6 Å². The fourth-order valence-corrected chi connectivity index (χ4v) is 9.58. The van der Waals surface area contributed by atoms with Gasteiger partial charge in [-0.1, -0.05) is 118 Å². The van der Waals surface area contributed by atoms with Crippen molar-refractivity contribution in [1.82, 2.24) is 34.9 Å². The van der Waals surface area contributed by atoms with Crippen molar-refractivity contribution >= 4 is 27.2 Å². The summed E-state index contributed by atoms with van der Waals surface area (Å²) in [6.45, 7) is 9.01. The van der Waals surface area contributed by atoms with Crippen LogP contribution in [0, 0.1) is 63.2 Å². The van der Waals surface area contributed by atoms with E-state index < -0.39 is 0 Å². The van der Waals surface area contributed by atoms with Crippen LogP contribution in [0.25, 0.3) is 88.2 Å². The van der Waals surface area contributed by atoms with Crippen LogP contribution in [0.15, 0.2) is 334 Å². The normalized spacial score (nSPS) is 9.75. The van der Waals surface area contributed by atoms with Gasteiger partial charge in [0, 0.05) is 75.3 Å². The number of pyridine rings is 7. The number of thiophene rings is 1. The van der Waals surface area contributed by atoms with E-state index in [4.69, 9.17) is 5.11 Å². The fraction of sp³-hybridized carbons (Fsp3) is 0.0575. The van der Waals surface area contributed by atoms with Gasteiger partial charge in [-0.25, -0.2) is 11.3 Å². The molecule has 0 aliphatic heterocycles. The molecule has 15 aromatic rings. The molecule has 0 amide bonds. The first-order valence-electron chi connectivity index (χ1n) is 31.1. The predicted molar refractivity (Wildman–Crippen MR) is 396 cm³/mol. The second-order valence-electron chi connectivity index (χ2n) is 21.1. The Morgan fingerprint density at radius 2 is 0.610 bits per heavy atom. The largest absolute Gasteiger partial charge is 3.00 e. The van der Waals surface area contributed by atoms with Gasteiger partial charge < -0.3 is 40.0 Å². The Balaban J connectivity index is 0.000000206. The summed E-state index contributed by atoms with van der Waals surface area (Å²) < 4.78 is 1.26. The van der Waals surface area contributed by atoms with Gasteiger partial charge in [-0.05, 0) is 100 Å². The van der Waals surface area contributed by atoms with Gasteiger partial charge in [0.25, 0.3) is 0 Å². The molecule has 7 aromatic carbocycles. The summed E-state index contributed by atoms with van der Waals surface area (Å²) in [4.78, 5) is 40.8. The molecule has 0 saturated carbocycles. The molecule has 0 aliphatic carbocycles. The van der Waals surface area contributed by atoms with Crippen molar-refractivity contribution in [3.63, 3.8) is 0 Å². The molecule has 499 valence electrons. The Morgan fingerprint density at radius 1 is 0.340 bits per heavy atom. The van der Waals surface area contributed by atoms with Crippen LogP contribution in [-0.2, 0) is 65.1 Å². The van der Waals surface area contributed by atoms with E-state index in [0.717, 1.165) is 78.1 Å². The van der Waals surface area contributed by atoms with E-state index in [0.29, 0.717) is 0 Å². The average molecular weight is 1850 g/mol. The van der Waals surface area contributed by atoms with Crippen molar-refractivity contribution in [3.05, 3.63) is 393 Å². The van der Waals surface area contributed by atoms with Crippen LogP contribution in [0.5, 0.6) is 0 Å². The Morgan fingerprint density at radius 3 is 0.830 bits per heavy atom. The van der Waals surface area contributed by atoms with E-state index in [-0.39, 0.29) is 71.9 Å². The average Bonchev–Trinajstić information content (AvgIpc) is 1.69. The van der Waals surface area contributed by atoms with E-state index >= 15 is 0 Å². The van der Waals surface area contributed by atoms with E-state index in [2.05, 4.69) is 135 Å². The molecule has 13 heteroatoms. The molecule has 15 rings (SSSR count). The third kappa shape index (κ3) is 29.0. The molecule has 8 aromatic heterocycles. The minimum atomic E-state index is -0.125. The maximum Gasteiger partial charge on any atom is 3.00 e. The summed E-state index contributed by atoms with van der Waals surface area (Å²) >= 11 is 1.73. The van der Waals surface area contributed by atoms with E-state index in [1.165, 1.54) is 46.7 Å². The molecule has 9 nitrogen and oxygen atoms in total. The zero-order chi connectivity index (χ0) is 67.9. The number of hydrogen-bond acceptors (Lipinski definition) is 10. The number of benzene rings is 7. The SMILES string of the molecule is CC(=O)C=C(C)O.Cc1c[c-]c(-c2ccccn2)cc1.Cc1c[c-]c(-c2ccccn2)cc1.Cc1c[c-]c(-c2ccccn2)cc1.[Ir+3].[Ir+3].[Ir].[c-]1c(-c2ccccn2)sc2ccccc12.[c-]1ccccc1-c1ccccn1.[c-]1ccccc1-c1ccccn1.[c-]1ccccc1-c1ccccn1. The van der Waals surface area contributed by atoms with Gasteiger partial charge in [0.2, 0.25) is 0 Å². The molecule has 0 unspecified atom stereocenters. The molecular weight excluding hydrogens is 1780 g/mol. The number of hydrogen-bond donors (Lipinski definition) is 1. The molecule has 1 radical (unpaired) electrons. The molecule has 0 atom stereocenters. The van der Waals surface area contributed by atoms with Gasteiger partial charge in [-0.15, -0.1) is 237 Å². The first-order chi connectivity index (χ1) is 47.5. The summed E-state index contributed by atoms with van der Waals surface area (Å²) in [6.07, 6.45) is 13.7. The number of allylic oxidation sites excluding steroid dienone is 2. The number of aromatic nitrogens is 7. The van der Waals surface area contributed by atoms with Crippen LogP contribution in [0.4, 0.5) is 0 Å².